The average molecular weight is 561 g/mol. The van der Waals surface area contributed by atoms with Crippen LogP contribution in [0.25, 0.3) is 22.6 Å². The topological polar surface area (TPSA) is 68.1 Å². The van der Waals surface area contributed by atoms with Gasteiger partial charge in [0.2, 0.25) is 5.95 Å². The Morgan fingerprint density at radius 1 is 0.929 bits per heavy atom. The molecule has 0 saturated heterocycles. The normalized spacial score (nSPS) is 16.2. The van der Waals surface area contributed by atoms with E-state index in [0.717, 1.165) is 78.7 Å². The molecule has 0 saturated carbocycles. The number of ether oxygens (including phenoxy) is 1. The first-order valence-electron chi connectivity index (χ1n) is 14.5. The van der Waals surface area contributed by atoms with Gasteiger partial charge in [-0.25, -0.2) is 19.3 Å². The molecule has 7 rings (SSSR count). The first-order valence-corrected chi connectivity index (χ1v) is 14.5. The lowest BCUT2D eigenvalue weighted by Gasteiger charge is -2.31. The number of aromatic nitrogens is 4. The van der Waals surface area contributed by atoms with E-state index < -0.39 is 0 Å². The molecule has 3 aromatic carbocycles. The minimum atomic E-state index is -0.262. The van der Waals surface area contributed by atoms with Crippen molar-refractivity contribution in [1.82, 2.24) is 24.4 Å². The third-order valence-corrected chi connectivity index (χ3v) is 8.35. The quantitative estimate of drug-likeness (QED) is 0.240. The Morgan fingerprint density at radius 3 is 2.55 bits per heavy atom. The summed E-state index contributed by atoms with van der Waals surface area (Å²) < 4.78 is 21.5. The fourth-order valence-corrected chi connectivity index (χ4v) is 6.21. The van der Waals surface area contributed by atoms with E-state index in [1.807, 2.05) is 30.3 Å². The van der Waals surface area contributed by atoms with E-state index in [1.54, 1.807) is 25.4 Å². The smallest absolute Gasteiger partial charge is 0.223 e. The molecule has 0 amide bonds. The Labute approximate surface area is 245 Å². The molecule has 5 aromatic rings. The molecule has 0 radical (unpaired) electrons. The number of hydrogen-bond acceptors (Lipinski definition) is 6. The van der Waals surface area contributed by atoms with Crippen molar-refractivity contribution in [2.24, 2.45) is 0 Å². The number of anilines is 1. The van der Waals surface area contributed by atoms with Crippen molar-refractivity contribution < 1.29 is 9.13 Å². The van der Waals surface area contributed by atoms with Crippen LogP contribution >= 0.6 is 0 Å². The number of rotatable bonds is 8. The molecule has 1 unspecified atom stereocenters. The zero-order chi connectivity index (χ0) is 28.5. The lowest BCUT2D eigenvalue weighted by Crippen LogP contribution is -2.34. The standard InChI is InChI=1S/C34H33FN6O/c1-42-29-13-6-23(7-14-29)20-37-34-36-18-16-30(38-34)33-32(25-8-10-27(35)11-9-25)39-31-15-12-28(41(31)33)22-40-19-17-24-4-2-3-5-26(24)21-40/h2-11,13-14,16,18,28H,12,15,17,19-22H2,1H3,(H,36,37,38). The van der Waals surface area contributed by atoms with Crippen molar-refractivity contribution in [2.75, 3.05) is 25.5 Å². The third-order valence-electron chi connectivity index (χ3n) is 8.35. The number of methoxy groups -OCH3 is 1. The van der Waals surface area contributed by atoms with E-state index in [0.29, 0.717) is 12.5 Å². The van der Waals surface area contributed by atoms with Crippen LogP contribution in [0.2, 0.25) is 0 Å². The van der Waals surface area contributed by atoms with E-state index in [4.69, 9.17) is 14.7 Å². The number of imidazole rings is 1. The third kappa shape index (κ3) is 5.25. The number of benzene rings is 3. The van der Waals surface area contributed by atoms with Gasteiger partial charge in [-0.1, -0.05) is 36.4 Å². The summed E-state index contributed by atoms with van der Waals surface area (Å²) in [5, 5.41) is 3.37. The van der Waals surface area contributed by atoms with Crippen molar-refractivity contribution >= 4 is 5.95 Å². The van der Waals surface area contributed by atoms with Crippen molar-refractivity contribution in [3.63, 3.8) is 0 Å². The Balaban J connectivity index is 1.21. The van der Waals surface area contributed by atoms with Gasteiger partial charge in [0.1, 0.15) is 17.4 Å². The van der Waals surface area contributed by atoms with Crippen LogP contribution in [0.5, 0.6) is 5.75 Å². The highest BCUT2D eigenvalue weighted by Gasteiger charge is 2.32. The number of aryl methyl sites for hydroxylation is 1. The molecular formula is C34H33FN6O. The molecule has 2 aliphatic heterocycles. The summed E-state index contributed by atoms with van der Waals surface area (Å²) in [6, 6.07) is 25.5. The van der Waals surface area contributed by atoms with E-state index >= 15 is 0 Å². The fraction of sp³-hybridized carbons (Fsp3) is 0.265. The van der Waals surface area contributed by atoms with E-state index in [1.165, 1.54) is 23.3 Å². The predicted octanol–water partition coefficient (Wildman–Crippen LogP) is 6.31. The second-order valence-corrected chi connectivity index (χ2v) is 11.0. The predicted molar refractivity (Wildman–Crippen MR) is 162 cm³/mol. The highest BCUT2D eigenvalue weighted by atomic mass is 19.1. The summed E-state index contributed by atoms with van der Waals surface area (Å²) in [7, 11) is 1.66. The molecular weight excluding hydrogens is 527 g/mol. The SMILES string of the molecule is COc1ccc(CNc2nccc(-c3c(-c4ccc(F)cc4)nc4n3C(CN3CCc5ccccc5C3)CC4)n2)cc1. The largest absolute Gasteiger partial charge is 0.497 e. The van der Waals surface area contributed by atoms with E-state index in [9.17, 15) is 4.39 Å². The van der Waals surface area contributed by atoms with Gasteiger partial charge in [0.25, 0.3) is 0 Å². The van der Waals surface area contributed by atoms with Crippen LogP contribution in [0.4, 0.5) is 10.3 Å². The van der Waals surface area contributed by atoms with Crippen molar-refractivity contribution in [2.45, 2.75) is 38.4 Å². The zero-order valence-electron chi connectivity index (χ0n) is 23.6. The molecule has 2 aliphatic rings. The highest BCUT2D eigenvalue weighted by molar-refractivity contribution is 5.78. The van der Waals surface area contributed by atoms with Crippen molar-refractivity contribution in [3.05, 3.63) is 113 Å². The lowest BCUT2D eigenvalue weighted by molar-refractivity contribution is 0.218. The summed E-state index contributed by atoms with van der Waals surface area (Å²) in [4.78, 5) is 17.1. The average Bonchev–Trinajstić information content (AvgIpc) is 3.60. The minimum absolute atomic E-state index is 0.262. The fourth-order valence-electron chi connectivity index (χ4n) is 6.21. The Bertz CT molecular complexity index is 1700. The molecule has 1 atom stereocenters. The number of hydrogen-bond donors (Lipinski definition) is 1. The van der Waals surface area contributed by atoms with Crippen LogP contribution in [0, 0.1) is 5.82 Å². The summed E-state index contributed by atoms with van der Waals surface area (Å²) in [6.07, 6.45) is 4.79. The first-order chi connectivity index (χ1) is 20.6. The molecule has 42 heavy (non-hydrogen) atoms. The van der Waals surface area contributed by atoms with Crippen molar-refractivity contribution in [1.29, 1.82) is 0 Å². The van der Waals surface area contributed by atoms with Crippen LogP contribution in [-0.4, -0.2) is 44.6 Å². The Kier molecular flexibility index (Phi) is 7.13. The Hall–Kier alpha value is -4.56. The van der Waals surface area contributed by atoms with Crippen LogP contribution in [-0.2, 0) is 25.9 Å². The van der Waals surface area contributed by atoms with Gasteiger partial charge in [-0.3, -0.25) is 4.90 Å². The van der Waals surface area contributed by atoms with Gasteiger partial charge in [-0.15, -0.1) is 0 Å². The summed E-state index contributed by atoms with van der Waals surface area (Å²) in [5.41, 5.74) is 7.46. The summed E-state index contributed by atoms with van der Waals surface area (Å²) >= 11 is 0. The molecule has 212 valence electrons. The number of fused-ring (bicyclic) bond motifs is 2. The Morgan fingerprint density at radius 2 is 1.74 bits per heavy atom. The van der Waals surface area contributed by atoms with Crippen LogP contribution in [0.15, 0.2) is 85.1 Å². The summed E-state index contributed by atoms with van der Waals surface area (Å²) in [6.45, 7) is 3.54. The van der Waals surface area contributed by atoms with Crippen LogP contribution in [0.3, 0.4) is 0 Å². The van der Waals surface area contributed by atoms with Crippen molar-refractivity contribution in [3.8, 4) is 28.4 Å². The van der Waals surface area contributed by atoms with Gasteiger partial charge >= 0.3 is 0 Å². The molecule has 7 nitrogen and oxygen atoms in total. The maximum absolute atomic E-state index is 13.9. The van der Waals surface area contributed by atoms with Gasteiger partial charge in [-0.05, 0) is 72.0 Å². The molecule has 2 aromatic heterocycles. The highest BCUT2D eigenvalue weighted by Crippen LogP contribution is 2.40. The number of nitrogens with one attached hydrogen (secondary N) is 1. The molecule has 4 heterocycles. The number of nitrogens with zero attached hydrogens (tertiary/aromatic N) is 5. The summed E-state index contributed by atoms with van der Waals surface area (Å²) in [5.74, 6) is 2.16. The first kappa shape index (κ1) is 26.3. The lowest BCUT2D eigenvalue weighted by atomic mass is 9.99. The monoisotopic (exact) mass is 560 g/mol. The van der Waals surface area contributed by atoms with Gasteiger partial charge in [0.05, 0.1) is 24.2 Å². The van der Waals surface area contributed by atoms with Gasteiger partial charge in [0.15, 0.2) is 0 Å². The van der Waals surface area contributed by atoms with Crippen LogP contribution < -0.4 is 10.1 Å². The van der Waals surface area contributed by atoms with Gasteiger partial charge in [-0.2, -0.15) is 0 Å². The molecule has 0 aliphatic carbocycles. The van der Waals surface area contributed by atoms with Gasteiger partial charge in [0, 0.05) is 50.4 Å². The molecule has 0 bridgehead atoms. The molecule has 0 fully saturated rings. The maximum Gasteiger partial charge on any atom is 0.223 e. The zero-order valence-corrected chi connectivity index (χ0v) is 23.6. The molecule has 1 N–H and O–H groups in total. The maximum atomic E-state index is 13.9. The van der Waals surface area contributed by atoms with Gasteiger partial charge < -0.3 is 14.6 Å². The molecule has 0 spiro atoms. The van der Waals surface area contributed by atoms with E-state index in [2.05, 4.69) is 44.0 Å². The second kappa shape index (κ2) is 11.4. The molecule has 8 heteroatoms. The van der Waals surface area contributed by atoms with E-state index in [-0.39, 0.29) is 11.9 Å². The number of halogens is 1. The second-order valence-electron chi connectivity index (χ2n) is 11.0. The minimum Gasteiger partial charge on any atom is -0.497 e. The van der Waals surface area contributed by atoms with Crippen LogP contribution in [0.1, 0.15) is 35.0 Å².